The lowest BCUT2D eigenvalue weighted by Crippen LogP contribution is -1.80. The molecule has 0 unspecified atom stereocenters. The molecule has 22 heavy (non-hydrogen) atoms. The maximum Gasteiger partial charge on any atom is -0.00141 e. The van der Waals surface area contributed by atoms with E-state index in [0.717, 1.165) is 0 Å². The Balaban J connectivity index is 1.93. The fourth-order valence-electron chi connectivity index (χ4n) is 3.29. The summed E-state index contributed by atoms with van der Waals surface area (Å²) in [5, 5.41) is 10.00. The van der Waals surface area contributed by atoms with E-state index in [0.29, 0.717) is 0 Å². The van der Waals surface area contributed by atoms with E-state index in [4.69, 9.17) is 0 Å². The molecule has 1 radical (unpaired) electrons. The number of fused-ring (bicyclic) bond motifs is 4. The third-order valence-corrected chi connectivity index (χ3v) is 4.41. The molecule has 0 heterocycles. The fraction of sp³-hybridized carbons (Fsp3) is 0. The van der Waals surface area contributed by atoms with Crippen molar-refractivity contribution in [2.45, 2.75) is 0 Å². The van der Waals surface area contributed by atoms with E-state index in [-0.39, 0.29) is 0 Å². The molecule has 0 N–H and O–H groups in total. The molecule has 0 saturated heterocycles. The molecule has 5 aromatic rings. The van der Waals surface area contributed by atoms with Gasteiger partial charge in [-0.05, 0) is 79.5 Å². The van der Waals surface area contributed by atoms with Gasteiger partial charge in [-0.1, -0.05) is 48.5 Å². The monoisotopic (exact) mass is 277 g/mol. The molecular weight excluding hydrogens is 264 g/mol. The lowest BCUT2D eigenvalue weighted by atomic mass is 9.97. The Morgan fingerprint density at radius 3 is 1.73 bits per heavy atom. The van der Waals surface area contributed by atoms with E-state index in [9.17, 15) is 0 Å². The van der Waals surface area contributed by atoms with E-state index in [1.165, 1.54) is 43.1 Å². The van der Waals surface area contributed by atoms with Gasteiger partial charge in [-0.3, -0.25) is 0 Å². The molecule has 0 nitrogen and oxygen atoms in total. The lowest BCUT2D eigenvalue weighted by molar-refractivity contribution is 1.77. The third kappa shape index (κ3) is 1.71. The van der Waals surface area contributed by atoms with Gasteiger partial charge in [0.25, 0.3) is 0 Å². The van der Waals surface area contributed by atoms with Gasteiger partial charge in [-0.25, -0.2) is 0 Å². The average Bonchev–Trinajstić information content (AvgIpc) is 2.56. The van der Waals surface area contributed by atoms with Crippen molar-refractivity contribution in [2.24, 2.45) is 0 Å². The van der Waals surface area contributed by atoms with Crippen LogP contribution in [-0.4, -0.2) is 0 Å². The highest BCUT2D eigenvalue weighted by Crippen LogP contribution is 2.29. The molecule has 0 saturated carbocycles. The van der Waals surface area contributed by atoms with Gasteiger partial charge >= 0.3 is 0 Å². The first-order valence-corrected chi connectivity index (χ1v) is 7.54. The van der Waals surface area contributed by atoms with Crippen LogP contribution in [0.4, 0.5) is 0 Å². The molecule has 0 heteroatoms. The van der Waals surface area contributed by atoms with Crippen LogP contribution >= 0.6 is 0 Å². The van der Waals surface area contributed by atoms with Gasteiger partial charge in [0, 0.05) is 0 Å². The van der Waals surface area contributed by atoms with Crippen molar-refractivity contribution < 1.29 is 0 Å². The standard InChI is InChI=1S/C22H13/c1-2-6-16-10-20-14-22-12-18-8-4-3-7-17(18)11-21(22)13-19(20)9-15(16)5-1/h1-11,13-14H. The zero-order valence-corrected chi connectivity index (χ0v) is 12.0. The van der Waals surface area contributed by atoms with E-state index in [1.807, 2.05) is 0 Å². The predicted molar refractivity (Wildman–Crippen MR) is 95.3 cm³/mol. The summed E-state index contributed by atoms with van der Waals surface area (Å²) in [6.45, 7) is 0. The van der Waals surface area contributed by atoms with Crippen LogP contribution in [0.3, 0.4) is 0 Å². The summed E-state index contributed by atoms with van der Waals surface area (Å²) in [5.41, 5.74) is 0. The summed E-state index contributed by atoms with van der Waals surface area (Å²) in [4.78, 5) is 0. The zero-order valence-electron chi connectivity index (χ0n) is 12.0. The minimum atomic E-state index is 1.18. The molecule has 0 bridgehead atoms. The normalized spacial score (nSPS) is 11.6. The lowest BCUT2D eigenvalue weighted by Gasteiger charge is -2.06. The van der Waals surface area contributed by atoms with Crippen LogP contribution in [-0.2, 0) is 0 Å². The third-order valence-electron chi connectivity index (χ3n) is 4.41. The second-order valence-corrected chi connectivity index (χ2v) is 5.84. The Morgan fingerprint density at radius 2 is 0.955 bits per heavy atom. The summed E-state index contributed by atoms with van der Waals surface area (Å²) < 4.78 is 0. The molecular formula is C22H13. The fourth-order valence-corrected chi connectivity index (χ4v) is 3.29. The summed E-state index contributed by atoms with van der Waals surface area (Å²) in [5.74, 6) is 0. The van der Waals surface area contributed by atoms with Gasteiger partial charge < -0.3 is 0 Å². The summed E-state index contributed by atoms with van der Waals surface area (Å²) in [6, 6.07) is 31.8. The Kier molecular flexibility index (Phi) is 2.31. The molecule has 0 amide bonds. The van der Waals surface area contributed by atoms with Crippen molar-refractivity contribution in [3.8, 4) is 0 Å². The quantitative estimate of drug-likeness (QED) is 0.300. The minimum absolute atomic E-state index is 1.18. The van der Waals surface area contributed by atoms with Gasteiger partial charge in [0.15, 0.2) is 0 Å². The first-order chi connectivity index (χ1) is 10.9. The molecule has 0 fully saturated rings. The van der Waals surface area contributed by atoms with Crippen LogP contribution in [0.2, 0.25) is 0 Å². The van der Waals surface area contributed by atoms with Gasteiger partial charge in [-0.15, -0.1) is 0 Å². The largest absolute Gasteiger partial charge is 0.0616 e. The summed E-state index contributed by atoms with van der Waals surface area (Å²) in [6.07, 6.45) is 0. The molecule has 101 valence electrons. The molecule has 0 aliphatic heterocycles. The average molecular weight is 277 g/mol. The van der Waals surface area contributed by atoms with Crippen LogP contribution in [0.5, 0.6) is 0 Å². The molecule has 0 aliphatic rings. The maximum atomic E-state index is 3.55. The maximum absolute atomic E-state index is 3.55. The van der Waals surface area contributed by atoms with Crippen LogP contribution in [0.1, 0.15) is 0 Å². The second-order valence-electron chi connectivity index (χ2n) is 5.84. The number of hydrogen-bond donors (Lipinski definition) is 0. The molecule has 5 rings (SSSR count). The second kappa shape index (κ2) is 4.32. The highest BCUT2D eigenvalue weighted by molar-refractivity contribution is 6.07. The van der Waals surface area contributed by atoms with Gasteiger partial charge in [0.2, 0.25) is 0 Å². The molecule has 5 aromatic carbocycles. The van der Waals surface area contributed by atoms with Gasteiger partial charge in [-0.2, -0.15) is 0 Å². The Hall–Kier alpha value is -2.86. The Labute approximate surface area is 128 Å². The van der Waals surface area contributed by atoms with Crippen molar-refractivity contribution in [1.29, 1.82) is 0 Å². The Bertz CT molecular complexity index is 982. The Morgan fingerprint density at radius 1 is 0.409 bits per heavy atom. The zero-order chi connectivity index (χ0) is 14.5. The van der Waals surface area contributed by atoms with E-state index in [2.05, 4.69) is 84.9 Å². The number of hydrogen-bond acceptors (Lipinski definition) is 0. The highest BCUT2D eigenvalue weighted by atomic mass is 14.1. The van der Waals surface area contributed by atoms with Gasteiger partial charge in [0.1, 0.15) is 0 Å². The smallest absolute Gasteiger partial charge is 0.00141 e. The van der Waals surface area contributed by atoms with Crippen LogP contribution < -0.4 is 0 Å². The van der Waals surface area contributed by atoms with Crippen molar-refractivity contribution in [2.75, 3.05) is 0 Å². The topological polar surface area (TPSA) is 0 Å². The minimum Gasteiger partial charge on any atom is -0.0616 e. The van der Waals surface area contributed by atoms with Crippen molar-refractivity contribution in [3.63, 3.8) is 0 Å². The molecule has 0 atom stereocenters. The van der Waals surface area contributed by atoms with Crippen molar-refractivity contribution in [3.05, 3.63) is 84.9 Å². The van der Waals surface area contributed by atoms with E-state index >= 15 is 0 Å². The molecule has 0 aromatic heterocycles. The SMILES string of the molecule is [c]1c2ccccc2cc2cc3cc4ccccc4cc3cc12. The number of benzene rings is 5. The van der Waals surface area contributed by atoms with Crippen molar-refractivity contribution in [1.82, 2.24) is 0 Å². The van der Waals surface area contributed by atoms with Crippen LogP contribution in [0, 0.1) is 6.07 Å². The predicted octanol–water partition coefficient (Wildman–Crippen LogP) is 6.10. The van der Waals surface area contributed by atoms with Crippen molar-refractivity contribution >= 4 is 43.1 Å². The molecule has 0 aliphatic carbocycles. The first-order valence-electron chi connectivity index (χ1n) is 7.54. The summed E-state index contributed by atoms with van der Waals surface area (Å²) >= 11 is 0. The van der Waals surface area contributed by atoms with Crippen LogP contribution in [0.25, 0.3) is 43.1 Å². The molecule has 0 spiro atoms. The summed E-state index contributed by atoms with van der Waals surface area (Å²) in [7, 11) is 0. The van der Waals surface area contributed by atoms with E-state index in [1.54, 1.807) is 0 Å². The number of rotatable bonds is 0. The first kappa shape index (κ1) is 11.8. The highest BCUT2D eigenvalue weighted by Gasteiger charge is 2.03. The van der Waals surface area contributed by atoms with Crippen LogP contribution in [0.15, 0.2) is 78.9 Å². The van der Waals surface area contributed by atoms with Gasteiger partial charge in [0.05, 0.1) is 0 Å². The van der Waals surface area contributed by atoms with E-state index < -0.39 is 0 Å².